The molecule has 0 bridgehead atoms. The molecule has 0 saturated heterocycles. The van der Waals surface area contributed by atoms with E-state index in [1.807, 2.05) is 38.1 Å². The van der Waals surface area contributed by atoms with Crippen molar-refractivity contribution < 1.29 is 14.5 Å². The number of aryl methyl sites for hydroxylation is 3. The number of pyridine rings is 1. The first-order valence-electron chi connectivity index (χ1n) is 9.98. The Morgan fingerprint density at radius 1 is 1.04 bits per heavy atom. The lowest BCUT2D eigenvalue weighted by Crippen LogP contribution is -2.31. The van der Waals surface area contributed by atoms with Crippen LogP contribution in [-0.2, 0) is 7.05 Å². The van der Waals surface area contributed by atoms with Gasteiger partial charge in [0, 0.05) is 26.5 Å². The van der Waals surface area contributed by atoms with E-state index in [0.717, 1.165) is 27.5 Å². The van der Waals surface area contributed by atoms with Crippen LogP contribution in [0.4, 0.5) is 5.69 Å². The standard InChI is InChI=1S/C22H19N2O/c1-13-6-11-18(24(5)12-13)19-14(2)7-9-16-17-10-8-15(3)20(23-4)22(17)25-21(16)19/h6-12H,1-3,5H3/q+1/i1D3,12D. The lowest BCUT2D eigenvalue weighted by Gasteiger charge is -2.06. The normalized spacial score (nSPS) is 14.0. The van der Waals surface area contributed by atoms with Gasteiger partial charge in [-0.1, -0.05) is 24.3 Å². The van der Waals surface area contributed by atoms with Gasteiger partial charge in [0.05, 0.1) is 12.1 Å². The van der Waals surface area contributed by atoms with E-state index < -0.39 is 6.85 Å². The predicted molar refractivity (Wildman–Crippen MR) is 101 cm³/mol. The van der Waals surface area contributed by atoms with Crippen molar-refractivity contribution in [3.05, 3.63) is 70.7 Å². The third-order valence-electron chi connectivity index (χ3n) is 4.62. The number of rotatable bonds is 1. The van der Waals surface area contributed by atoms with Gasteiger partial charge in [-0.2, -0.15) is 0 Å². The van der Waals surface area contributed by atoms with Gasteiger partial charge in [-0.3, -0.25) is 0 Å². The Balaban J connectivity index is 2.10. The molecule has 3 heteroatoms. The van der Waals surface area contributed by atoms with Crippen molar-refractivity contribution in [2.24, 2.45) is 7.05 Å². The van der Waals surface area contributed by atoms with Gasteiger partial charge in [0.2, 0.25) is 11.4 Å². The fourth-order valence-electron chi connectivity index (χ4n) is 3.35. The molecular formula is C22H19N2O+. The van der Waals surface area contributed by atoms with Crippen LogP contribution >= 0.6 is 0 Å². The molecule has 4 aromatic rings. The zero-order chi connectivity index (χ0) is 21.1. The number of hydrogen-bond donors (Lipinski definition) is 0. The summed E-state index contributed by atoms with van der Waals surface area (Å²) >= 11 is 0. The van der Waals surface area contributed by atoms with E-state index in [-0.39, 0.29) is 11.7 Å². The van der Waals surface area contributed by atoms with Crippen LogP contribution in [0.25, 0.3) is 38.0 Å². The van der Waals surface area contributed by atoms with Gasteiger partial charge in [0.25, 0.3) is 0 Å². The van der Waals surface area contributed by atoms with Crippen LogP contribution in [-0.4, -0.2) is 0 Å². The SMILES string of the molecule is [2H]c1c(C([2H])([2H])[2H])ccc(-c2c(C)ccc3c2oc2c([N+]#[C-])c(C)ccc23)[n+]1C. The third kappa shape index (κ3) is 2.22. The van der Waals surface area contributed by atoms with Gasteiger partial charge in [-0.15, -0.1) is 0 Å². The summed E-state index contributed by atoms with van der Waals surface area (Å²) in [7, 11) is 1.68. The van der Waals surface area contributed by atoms with Crippen molar-refractivity contribution in [1.29, 1.82) is 0 Å². The lowest BCUT2D eigenvalue weighted by molar-refractivity contribution is -0.660. The van der Waals surface area contributed by atoms with Crippen LogP contribution in [0.2, 0.25) is 0 Å². The number of furan rings is 1. The van der Waals surface area contributed by atoms with Crippen molar-refractivity contribution in [3.63, 3.8) is 0 Å². The summed E-state index contributed by atoms with van der Waals surface area (Å²) in [6.45, 7) is 9.01. The second-order valence-electron chi connectivity index (χ2n) is 6.26. The van der Waals surface area contributed by atoms with Crippen LogP contribution in [0.3, 0.4) is 0 Å². The first-order chi connectivity index (χ1) is 13.6. The molecule has 0 spiro atoms. The van der Waals surface area contributed by atoms with E-state index in [9.17, 15) is 0 Å². The molecule has 25 heavy (non-hydrogen) atoms. The molecule has 0 fully saturated rings. The molecule has 0 atom stereocenters. The third-order valence-corrected chi connectivity index (χ3v) is 4.62. The summed E-state index contributed by atoms with van der Waals surface area (Å²) in [5.74, 6) is 0. The first kappa shape index (κ1) is 11.4. The molecule has 0 amide bonds. The second-order valence-corrected chi connectivity index (χ2v) is 6.26. The minimum atomic E-state index is -2.35. The zero-order valence-electron chi connectivity index (χ0n) is 18.3. The molecule has 122 valence electrons. The Morgan fingerprint density at radius 3 is 2.48 bits per heavy atom. The van der Waals surface area contributed by atoms with E-state index in [1.165, 1.54) is 6.07 Å². The van der Waals surface area contributed by atoms with Crippen molar-refractivity contribution >= 4 is 27.6 Å². The lowest BCUT2D eigenvalue weighted by atomic mass is 10.00. The number of fused-ring (bicyclic) bond motifs is 3. The topological polar surface area (TPSA) is 21.4 Å². The van der Waals surface area contributed by atoms with Gasteiger partial charge in [-0.05, 0) is 37.9 Å². The summed E-state index contributed by atoms with van der Waals surface area (Å²) in [6.07, 6.45) is -0.0623. The van der Waals surface area contributed by atoms with Crippen LogP contribution in [0, 0.1) is 27.3 Å². The van der Waals surface area contributed by atoms with Crippen LogP contribution in [0.5, 0.6) is 0 Å². The average molecular weight is 331 g/mol. The Kier molecular flexibility index (Phi) is 2.50. The quantitative estimate of drug-likeness (QED) is 0.331. The molecule has 0 aliphatic rings. The summed E-state index contributed by atoms with van der Waals surface area (Å²) in [5.41, 5.74) is 4.95. The van der Waals surface area contributed by atoms with Gasteiger partial charge in [-0.25, -0.2) is 9.41 Å². The number of benzene rings is 2. The minimum absolute atomic E-state index is 0.00380. The van der Waals surface area contributed by atoms with E-state index in [2.05, 4.69) is 4.85 Å². The smallest absolute Gasteiger partial charge is 0.232 e. The van der Waals surface area contributed by atoms with Crippen LogP contribution in [0.15, 0.2) is 47.0 Å². The van der Waals surface area contributed by atoms with E-state index in [4.69, 9.17) is 16.5 Å². The largest absolute Gasteiger partial charge is 0.466 e. The highest BCUT2D eigenvalue weighted by molar-refractivity contribution is 6.13. The fourth-order valence-corrected chi connectivity index (χ4v) is 3.35. The number of hydrogen-bond acceptors (Lipinski definition) is 1. The second kappa shape index (κ2) is 5.46. The van der Waals surface area contributed by atoms with Gasteiger partial charge < -0.3 is 4.42 Å². The summed E-state index contributed by atoms with van der Waals surface area (Å²) in [5, 5.41) is 1.75. The van der Waals surface area contributed by atoms with Crippen LogP contribution < -0.4 is 4.57 Å². The van der Waals surface area contributed by atoms with Gasteiger partial charge in [0.15, 0.2) is 6.17 Å². The maximum Gasteiger partial charge on any atom is 0.232 e. The number of aromatic nitrogens is 1. The van der Waals surface area contributed by atoms with Crippen molar-refractivity contribution in [2.75, 3.05) is 0 Å². The maximum atomic E-state index is 8.35. The molecule has 0 saturated carbocycles. The summed E-state index contributed by atoms with van der Waals surface area (Å²) in [6, 6.07) is 11.0. The Morgan fingerprint density at radius 2 is 1.76 bits per heavy atom. The van der Waals surface area contributed by atoms with E-state index >= 15 is 0 Å². The minimum Gasteiger partial charge on any atom is -0.466 e. The highest BCUT2D eigenvalue weighted by Crippen LogP contribution is 2.41. The molecule has 2 aromatic heterocycles. The molecular weight excluding hydrogens is 308 g/mol. The summed E-state index contributed by atoms with van der Waals surface area (Å²) in [4.78, 5) is 3.65. The zero-order valence-corrected chi connectivity index (χ0v) is 14.3. The van der Waals surface area contributed by atoms with Crippen molar-refractivity contribution in [2.45, 2.75) is 20.7 Å². The number of nitrogens with zero attached hydrogens (tertiary/aromatic N) is 2. The van der Waals surface area contributed by atoms with E-state index in [1.54, 1.807) is 17.7 Å². The molecule has 0 aliphatic carbocycles. The Bertz CT molecular complexity index is 1340. The molecule has 4 rings (SSSR count). The average Bonchev–Trinajstić information content (AvgIpc) is 3.01. The van der Waals surface area contributed by atoms with Crippen LogP contribution in [0.1, 0.15) is 22.2 Å². The molecule has 2 heterocycles. The fraction of sp³-hybridized carbons (Fsp3) is 0.182. The molecule has 3 nitrogen and oxygen atoms in total. The Hall–Kier alpha value is -3.12. The van der Waals surface area contributed by atoms with Crippen molar-refractivity contribution in [1.82, 2.24) is 0 Å². The highest BCUT2D eigenvalue weighted by Gasteiger charge is 2.21. The summed E-state index contributed by atoms with van der Waals surface area (Å²) < 4.78 is 39.1. The molecule has 0 unspecified atom stereocenters. The monoisotopic (exact) mass is 331 g/mol. The van der Waals surface area contributed by atoms with Gasteiger partial charge in [0.1, 0.15) is 19.6 Å². The first-order valence-corrected chi connectivity index (χ1v) is 7.98. The van der Waals surface area contributed by atoms with E-state index in [0.29, 0.717) is 22.5 Å². The van der Waals surface area contributed by atoms with Crippen molar-refractivity contribution in [3.8, 4) is 11.3 Å². The molecule has 0 N–H and O–H groups in total. The Labute approximate surface area is 152 Å². The maximum absolute atomic E-state index is 8.35. The van der Waals surface area contributed by atoms with Gasteiger partial charge >= 0.3 is 0 Å². The molecule has 0 radical (unpaired) electrons. The molecule has 0 aliphatic heterocycles. The predicted octanol–water partition coefficient (Wildman–Crippen LogP) is 5.55. The highest BCUT2D eigenvalue weighted by atomic mass is 16.3. The molecule has 2 aromatic carbocycles.